The van der Waals surface area contributed by atoms with Gasteiger partial charge in [0, 0.05) is 5.56 Å². The molecule has 1 saturated heterocycles. The first kappa shape index (κ1) is 16.0. The highest BCUT2D eigenvalue weighted by molar-refractivity contribution is 6.10. The topological polar surface area (TPSA) is 90.4 Å². The number of nitrogens with zero attached hydrogens (tertiary/aromatic N) is 3. The lowest BCUT2D eigenvalue weighted by Crippen LogP contribution is -2.41. The predicted molar refractivity (Wildman–Crippen MR) is 81.8 cm³/mol. The molecular weight excluding hydrogens is 280 g/mol. The number of hydrogen-bond acceptors (Lipinski definition) is 6. The fraction of sp³-hybridized carbons (Fsp3) is 0.438. The molecule has 1 N–H and O–H groups in total. The van der Waals surface area contributed by atoms with E-state index in [0.29, 0.717) is 5.69 Å². The van der Waals surface area contributed by atoms with E-state index in [4.69, 9.17) is 20.0 Å². The zero-order valence-electron chi connectivity index (χ0n) is 13.0. The van der Waals surface area contributed by atoms with E-state index in [9.17, 15) is 0 Å². The Bertz CT molecular complexity index is 648. The predicted octanol–water partition coefficient (Wildman–Crippen LogP) is 3.10. The Labute approximate surface area is 130 Å². The Balaban J connectivity index is 2.19. The summed E-state index contributed by atoms with van der Waals surface area (Å²) in [4.78, 5) is 0. The minimum absolute atomic E-state index is 0.235. The Morgan fingerprint density at radius 1 is 1.14 bits per heavy atom. The highest BCUT2D eigenvalue weighted by atomic mass is 16.7. The summed E-state index contributed by atoms with van der Waals surface area (Å²) in [6.07, 6.45) is -0.470. The van der Waals surface area contributed by atoms with Crippen LogP contribution in [-0.2, 0) is 9.47 Å². The molecule has 0 radical (unpaired) electrons. The van der Waals surface area contributed by atoms with Crippen LogP contribution in [0.2, 0.25) is 0 Å². The minimum Gasteiger partial charge on any atom is -0.339 e. The number of rotatable bonds is 3. The lowest BCUT2D eigenvalue weighted by Gasteiger charge is -2.30. The molecule has 22 heavy (non-hydrogen) atoms. The molecule has 0 atom stereocenters. The molecule has 1 aromatic carbocycles. The molecular formula is C16H18N4O2. The van der Waals surface area contributed by atoms with Gasteiger partial charge in [0.05, 0.1) is 16.9 Å². The van der Waals surface area contributed by atoms with E-state index in [0.717, 1.165) is 5.56 Å². The zero-order valence-corrected chi connectivity index (χ0v) is 13.0. The van der Waals surface area contributed by atoms with Crippen molar-refractivity contribution < 1.29 is 9.47 Å². The summed E-state index contributed by atoms with van der Waals surface area (Å²) in [5.74, 6) is 0. The van der Waals surface area contributed by atoms with Crippen LogP contribution in [0.5, 0.6) is 0 Å². The van der Waals surface area contributed by atoms with Crippen molar-refractivity contribution in [2.75, 3.05) is 5.43 Å². The third-order valence-corrected chi connectivity index (χ3v) is 3.92. The summed E-state index contributed by atoms with van der Waals surface area (Å²) in [5, 5.41) is 21.0. The van der Waals surface area contributed by atoms with Crippen LogP contribution >= 0.6 is 0 Å². The third-order valence-electron chi connectivity index (χ3n) is 3.92. The molecule has 1 heterocycles. The van der Waals surface area contributed by atoms with Crippen molar-refractivity contribution in [1.29, 1.82) is 10.5 Å². The molecule has 0 amide bonds. The second-order valence-electron chi connectivity index (χ2n) is 6.01. The van der Waals surface area contributed by atoms with Crippen LogP contribution in [0.3, 0.4) is 0 Å². The van der Waals surface area contributed by atoms with Crippen molar-refractivity contribution in [3.63, 3.8) is 0 Å². The molecule has 1 fully saturated rings. The second kappa shape index (κ2) is 5.76. The van der Waals surface area contributed by atoms with Gasteiger partial charge in [0.25, 0.3) is 0 Å². The number of hydrazone groups is 1. The number of hydrogen-bond donors (Lipinski definition) is 1. The lowest BCUT2D eigenvalue weighted by atomic mass is 9.90. The van der Waals surface area contributed by atoms with E-state index in [2.05, 4.69) is 10.5 Å². The van der Waals surface area contributed by atoms with E-state index in [1.165, 1.54) is 0 Å². The summed E-state index contributed by atoms with van der Waals surface area (Å²) >= 11 is 0. The Kier molecular flexibility index (Phi) is 4.18. The number of anilines is 1. The van der Waals surface area contributed by atoms with Crippen LogP contribution in [0.15, 0.2) is 29.4 Å². The van der Waals surface area contributed by atoms with Crippen molar-refractivity contribution in [2.24, 2.45) is 5.10 Å². The van der Waals surface area contributed by atoms with Gasteiger partial charge >= 0.3 is 0 Å². The monoisotopic (exact) mass is 298 g/mol. The number of ether oxygens (including phenoxy) is 2. The van der Waals surface area contributed by atoms with Gasteiger partial charge in [-0.15, -0.1) is 0 Å². The highest BCUT2D eigenvalue weighted by Crippen LogP contribution is 2.44. The molecule has 0 aliphatic carbocycles. The molecule has 6 heteroatoms. The fourth-order valence-electron chi connectivity index (χ4n) is 1.93. The summed E-state index contributed by atoms with van der Waals surface area (Å²) < 4.78 is 12.0. The minimum atomic E-state index is -0.470. The summed E-state index contributed by atoms with van der Waals surface area (Å²) in [5.41, 5.74) is 3.12. The molecule has 114 valence electrons. The van der Waals surface area contributed by atoms with Crippen molar-refractivity contribution in [3.8, 4) is 12.1 Å². The fourth-order valence-corrected chi connectivity index (χ4v) is 1.93. The molecule has 1 aliphatic heterocycles. The summed E-state index contributed by atoms with van der Waals surface area (Å²) in [7, 11) is 0. The number of nitriles is 2. The molecule has 0 unspecified atom stereocenters. The number of nitrogens with one attached hydrogen (secondary N) is 1. The van der Waals surface area contributed by atoms with Gasteiger partial charge in [-0.2, -0.15) is 15.6 Å². The highest BCUT2D eigenvalue weighted by Gasteiger charge is 2.49. The van der Waals surface area contributed by atoms with Gasteiger partial charge in [-0.3, -0.25) is 5.43 Å². The number of benzene rings is 1. The first-order valence-electron chi connectivity index (χ1n) is 6.88. The van der Waals surface area contributed by atoms with Crippen molar-refractivity contribution in [3.05, 3.63) is 29.8 Å². The quantitative estimate of drug-likeness (QED) is 0.684. The lowest BCUT2D eigenvalue weighted by molar-refractivity contribution is -0.0895. The maximum atomic E-state index is 8.66. The van der Waals surface area contributed by atoms with Gasteiger partial charge in [0.2, 0.25) is 5.71 Å². The van der Waals surface area contributed by atoms with E-state index < -0.39 is 17.5 Å². The van der Waals surface area contributed by atoms with E-state index in [1.807, 2.05) is 45.9 Å². The maximum absolute atomic E-state index is 8.66. The van der Waals surface area contributed by atoms with Crippen LogP contribution in [0.4, 0.5) is 5.69 Å². The van der Waals surface area contributed by atoms with Gasteiger partial charge in [-0.05, 0) is 39.8 Å². The van der Waals surface area contributed by atoms with Crippen LogP contribution in [0.25, 0.3) is 0 Å². The van der Waals surface area contributed by atoms with E-state index in [-0.39, 0.29) is 5.71 Å². The van der Waals surface area contributed by atoms with Gasteiger partial charge < -0.3 is 9.47 Å². The van der Waals surface area contributed by atoms with Crippen LogP contribution in [-0.4, -0.2) is 16.9 Å². The van der Waals surface area contributed by atoms with Crippen LogP contribution in [0.1, 0.15) is 39.5 Å². The van der Waals surface area contributed by atoms with Crippen LogP contribution < -0.4 is 5.43 Å². The van der Waals surface area contributed by atoms with Gasteiger partial charge in [0.1, 0.15) is 12.1 Å². The van der Waals surface area contributed by atoms with E-state index in [1.54, 1.807) is 18.2 Å². The average Bonchev–Trinajstić information content (AvgIpc) is 2.69. The molecule has 1 aromatic rings. The Morgan fingerprint density at radius 3 is 2.27 bits per heavy atom. The maximum Gasteiger partial charge on any atom is 0.237 e. The molecule has 1 aliphatic rings. The largest absolute Gasteiger partial charge is 0.339 e. The van der Waals surface area contributed by atoms with Crippen molar-refractivity contribution in [1.82, 2.24) is 0 Å². The average molecular weight is 298 g/mol. The van der Waals surface area contributed by atoms with Crippen LogP contribution in [0, 0.1) is 22.7 Å². The second-order valence-corrected chi connectivity index (χ2v) is 6.01. The zero-order chi connectivity index (χ0) is 16.4. The third kappa shape index (κ3) is 3.09. The molecule has 2 rings (SSSR count). The van der Waals surface area contributed by atoms with E-state index >= 15 is 0 Å². The first-order valence-corrected chi connectivity index (χ1v) is 6.88. The summed E-state index contributed by atoms with van der Waals surface area (Å²) in [6, 6.07) is 10.7. The smallest absolute Gasteiger partial charge is 0.237 e. The SMILES string of the molecule is CC1(C)OC(c2cccc(NN=C(C#N)C#N)c2)OC1(C)C. The molecule has 0 saturated carbocycles. The van der Waals surface area contributed by atoms with Crippen molar-refractivity contribution >= 4 is 11.4 Å². The van der Waals surface area contributed by atoms with Gasteiger partial charge in [-0.1, -0.05) is 12.1 Å². The van der Waals surface area contributed by atoms with Gasteiger partial charge in [-0.25, -0.2) is 0 Å². The normalized spacial score (nSPS) is 19.0. The first-order chi connectivity index (χ1) is 10.3. The molecule has 0 aromatic heterocycles. The standard InChI is InChI=1S/C16H18N4O2/c1-15(2)16(3,4)22-14(21-15)11-6-5-7-12(8-11)19-20-13(9-17)10-18/h5-8,14,19H,1-4H3. The molecule has 0 bridgehead atoms. The van der Waals surface area contributed by atoms with Crippen molar-refractivity contribution in [2.45, 2.75) is 45.2 Å². The Morgan fingerprint density at radius 2 is 1.73 bits per heavy atom. The summed E-state index contributed by atoms with van der Waals surface area (Å²) in [6.45, 7) is 7.97. The Hall–Kier alpha value is -2.41. The molecule has 6 nitrogen and oxygen atoms in total. The molecule has 0 spiro atoms. The van der Waals surface area contributed by atoms with Gasteiger partial charge in [0.15, 0.2) is 6.29 Å².